The number of carbonyl (C=O) groups excluding carboxylic acids is 1. The summed E-state index contributed by atoms with van der Waals surface area (Å²) in [6.07, 6.45) is 3.31. The number of hydrogen-bond acceptors (Lipinski definition) is 3. The van der Waals surface area contributed by atoms with Crippen molar-refractivity contribution in [1.82, 2.24) is 5.32 Å². The van der Waals surface area contributed by atoms with E-state index in [4.69, 9.17) is 12.2 Å². The van der Waals surface area contributed by atoms with E-state index in [-0.39, 0.29) is 5.97 Å². The first-order valence-electron chi connectivity index (χ1n) is 6.39. The quantitative estimate of drug-likeness (QED) is 0.457. The maximum absolute atomic E-state index is 10.9. The van der Waals surface area contributed by atoms with Gasteiger partial charge in [-0.2, -0.15) is 0 Å². The molecule has 0 spiro atoms. The molecule has 1 aromatic rings. The van der Waals surface area contributed by atoms with E-state index in [2.05, 4.69) is 15.4 Å². The topological polar surface area (TPSA) is 50.4 Å². The standard InChI is InChI=1S/C14H20N2O2S/c1-18-13(17)10-6-3-7-11-15-14(19)16-12-8-4-2-5-9-12/h2,4-5,8-9H,3,6-7,10-11H2,1H3,(H2,15,16,19). The summed E-state index contributed by atoms with van der Waals surface area (Å²) < 4.78 is 4.58. The summed E-state index contributed by atoms with van der Waals surface area (Å²) in [6, 6.07) is 9.80. The number of hydrogen-bond donors (Lipinski definition) is 2. The second-order valence-corrected chi connectivity index (χ2v) is 4.54. The third-order valence-corrected chi connectivity index (χ3v) is 2.85. The van der Waals surface area contributed by atoms with E-state index < -0.39 is 0 Å². The highest BCUT2D eigenvalue weighted by Crippen LogP contribution is 2.04. The second kappa shape index (κ2) is 9.33. The fourth-order valence-electron chi connectivity index (χ4n) is 1.57. The zero-order chi connectivity index (χ0) is 13.9. The molecule has 0 heterocycles. The normalized spacial score (nSPS) is 9.74. The molecule has 0 aliphatic heterocycles. The number of carbonyl (C=O) groups is 1. The number of thiocarbonyl (C=S) groups is 1. The Morgan fingerprint density at radius 3 is 2.63 bits per heavy atom. The number of para-hydroxylation sites is 1. The SMILES string of the molecule is COC(=O)CCCCCNC(=S)Nc1ccccc1. The Bertz CT molecular complexity index is 396. The molecule has 4 nitrogen and oxygen atoms in total. The number of anilines is 1. The number of ether oxygens (including phenoxy) is 1. The van der Waals surface area contributed by atoms with E-state index in [9.17, 15) is 4.79 Å². The first kappa shape index (κ1) is 15.4. The number of benzene rings is 1. The molecule has 0 aromatic heterocycles. The fourth-order valence-corrected chi connectivity index (χ4v) is 1.79. The molecule has 0 saturated carbocycles. The zero-order valence-corrected chi connectivity index (χ0v) is 12.0. The van der Waals surface area contributed by atoms with Crippen LogP contribution in [0, 0.1) is 0 Å². The van der Waals surface area contributed by atoms with E-state index in [1.807, 2.05) is 30.3 Å². The summed E-state index contributed by atoms with van der Waals surface area (Å²) in [5, 5.41) is 6.87. The monoisotopic (exact) mass is 280 g/mol. The van der Waals surface area contributed by atoms with Gasteiger partial charge in [-0.1, -0.05) is 24.6 Å². The minimum absolute atomic E-state index is 0.144. The maximum Gasteiger partial charge on any atom is 0.305 e. The number of unbranched alkanes of at least 4 members (excludes halogenated alkanes) is 2. The van der Waals surface area contributed by atoms with Crippen molar-refractivity contribution < 1.29 is 9.53 Å². The van der Waals surface area contributed by atoms with Gasteiger partial charge in [0.2, 0.25) is 0 Å². The van der Waals surface area contributed by atoms with Gasteiger partial charge in [-0.3, -0.25) is 4.79 Å². The first-order valence-corrected chi connectivity index (χ1v) is 6.80. The molecule has 1 rings (SSSR count). The highest BCUT2D eigenvalue weighted by molar-refractivity contribution is 7.80. The van der Waals surface area contributed by atoms with Gasteiger partial charge < -0.3 is 15.4 Å². The first-order chi connectivity index (χ1) is 9.22. The molecule has 19 heavy (non-hydrogen) atoms. The van der Waals surface area contributed by atoms with Crippen molar-refractivity contribution in [3.05, 3.63) is 30.3 Å². The van der Waals surface area contributed by atoms with Crippen LogP contribution in [0.5, 0.6) is 0 Å². The molecule has 0 aliphatic carbocycles. The van der Waals surface area contributed by atoms with Crippen molar-refractivity contribution >= 4 is 29.0 Å². The Balaban J connectivity index is 2.03. The Labute approximate surface area is 119 Å². The molecule has 0 aliphatic rings. The number of nitrogens with one attached hydrogen (secondary N) is 2. The molecule has 0 saturated heterocycles. The summed E-state index contributed by atoms with van der Waals surface area (Å²) in [5.41, 5.74) is 0.977. The van der Waals surface area contributed by atoms with Gasteiger partial charge >= 0.3 is 5.97 Å². The van der Waals surface area contributed by atoms with Gasteiger partial charge in [0, 0.05) is 18.7 Å². The van der Waals surface area contributed by atoms with E-state index in [1.165, 1.54) is 7.11 Å². The van der Waals surface area contributed by atoms with Crippen LogP contribution in [-0.4, -0.2) is 24.7 Å². The van der Waals surface area contributed by atoms with Crippen LogP contribution in [0.1, 0.15) is 25.7 Å². The average molecular weight is 280 g/mol. The molecule has 0 atom stereocenters. The summed E-state index contributed by atoms with van der Waals surface area (Å²) >= 11 is 5.18. The van der Waals surface area contributed by atoms with Gasteiger partial charge in [-0.25, -0.2) is 0 Å². The van der Waals surface area contributed by atoms with Gasteiger partial charge in [0.25, 0.3) is 0 Å². The highest BCUT2D eigenvalue weighted by atomic mass is 32.1. The van der Waals surface area contributed by atoms with E-state index in [0.29, 0.717) is 11.5 Å². The minimum atomic E-state index is -0.144. The van der Waals surface area contributed by atoms with Gasteiger partial charge in [0.05, 0.1) is 7.11 Å². The molecule has 0 amide bonds. The number of methoxy groups -OCH3 is 1. The van der Waals surface area contributed by atoms with Crippen LogP contribution in [0.3, 0.4) is 0 Å². The van der Waals surface area contributed by atoms with Gasteiger partial charge in [-0.05, 0) is 37.2 Å². The summed E-state index contributed by atoms with van der Waals surface area (Å²) in [5.74, 6) is -0.144. The maximum atomic E-state index is 10.9. The fraction of sp³-hybridized carbons (Fsp3) is 0.429. The Morgan fingerprint density at radius 2 is 1.95 bits per heavy atom. The summed E-state index contributed by atoms with van der Waals surface area (Å²) in [7, 11) is 1.41. The third-order valence-electron chi connectivity index (χ3n) is 2.60. The Morgan fingerprint density at radius 1 is 1.21 bits per heavy atom. The lowest BCUT2D eigenvalue weighted by molar-refractivity contribution is -0.140. The summed E-state index contributed by atoms with van der Waals surface area (Å²) in [4.78, 5) is 10.9. The van der Waals surface area contributed by atoms with Crippen molar-refractivity contribution in [2.75, 3.05) is 19.0 Å². The van der Waals surface area contributed by atoms with Crippen molar-refractivity contribution in [2.45, 2.75) is 25.7 Å². The van der Waals surface area contributed by atoms with Crippen molar-refractivity contribution in [3.8, 4) is 0 Å². The molecule has 1 aromatic carbocycles. The van der Waals surface area contributed by atoms with Crippen LogP contribution in [0.15, 0.2) is 30.3 Å². The molecular formula is C14H20N2O2S. The molecule has 0 radical (unpaired) electrons. The van der Waals surface area contributed by atoms with Gasteiger partial charge in [0.15, 0.2) is 5.11 Å². The minimum Gasteiger partial charge on any atom is -0.469 e. The Kier molecular flexibility index (Phi) is 7.58. The van der Waals surface area contributed by atoms with Crippen LogP contribution >= 0.6 is 12.2 Å². The lowest BCUT2D eigenvalue weighted by Crippen LogP contribution is -2.29. The molecule has 5 heteroatoms. The van der Waals surface area contributed by atoms with Crippen LogP contribution in [0.2, 0.25) is 0 Å². The number of esters is 1. The summed E-state index contributed by atoms with van der Waals surface area (Å²) in [6.45, 7) is 0.805. The molecular weight excluding hydrogens is 260 g/mol. The van der Waals surface area contributed by atoms with E-state index in [0.717, 1.165) is 31.5 Å². The average Bonchev–Trinajstić information content (AvgIpc) is 2.43. The van der Waals surface area contributed by atoms with Crippen molar-refractivity contribution in [1.29, 1.82) is 0 Å². The lowest BCUT2D eigenvalue weighted by atomic mass is 10.2. The third kappa shape index (κ3) is 7.41. The van der Waals surface area contributed by atoms with Gasteiger partial charge in [0.1, 0.15) is 0 Å². The molecule has 104 valence electrons. The van der Waals surface area contributed by atoms with E-state index >= 15 is 0 Å². The van der Waals surface area contributed by atoms with E-state index in [1.54, 1.807) is 0 Å². The van der Waals surface area contributed by atoms with Crippen LogP contribution in [0.4, 0.5) is 5.69 Å². The molecule has 2 N–H and O–H groups in total. The van der Waals surface area contributed by atoms with Gasteiger partial charge in [-0.15, -0.1) is 0 Å². The van der Waals surface area contributed by atoms with Crippen LogP contribution in [-0.2, 0) is 9.53 Å². The lowest BCUT2D eigenvalue weighted by Gasteiger charge is -2.10. The molecule has 0 unspecified atom stereocenters. The molecule has 0 fully saturated rings. The Hall–Kier alpha value is -1.62. The smallest absolute Gasteiger partial charge is 0.305 e. The zero-order valence-electron chi connectivity index (χ0n) is 11.1. The highest BCUT2D eigenvalue weighted by Gasteiger charge is 2.00. The van der Waals surface area contributed by atoms with Crippen LogP contribution < -0.4 is 10.6 Å². The number of rotatable bonds is 7. The largest absolute Gasteiger partial charge is 0.469 e. The predicted octanol–water partition coefficient (Wildman–Crippen LogP) is 2.71. The predicted molar refractivity (Wildman–Crippen MR) is 81.1 cm³/mol. The molecule has 0 bridgehead atoms. The second-order valence-electron chi connectivity index (χ2n) is 4.13. The van der Waals surface area contributed by atoms with Crippen molar-refractivity contribution in [2.24, 2.45) is 0 Å². The van der Waals surface area contributed by atoms with Crippen molar-refractivity contribution in [3.63, 3.8) is 0 Å². The van der Waals surface area contributed by atoms with Crippen LogP contribution in [0.25, 0.3) is 0 Å².